The molecular weight excluding hydrogens is 398 g/mol. The van der Waals surface area contributed by atoms with E-state index in [1.165, 1.54) is 6.92 Å². The van der Waals surface area contributed by atoms with Crippen molar-refractivity contribution in [1.82, 2.24) is 5.32 Å². The zero-order valence-electron chi connectivity index (χ0n) is 17.6. The lowest BCUT2D eigenvalue weighted by molar-refractivity contribution is -0.118. The van der Waals surface area contributed by atoms with Crippen molar-refractivity contribution in [3.8, 4) is 0 Å². The van der Waals surface area contributed by atoms with Crippen molar-refractivity contribution < 1.29 is 28.3 Å². The molecule has 0 aliphatic heterocycles. The number of Topliss-reactive ketones (excluding diaryl/α,β-unsaturated/α-hetero) is 1. The van der Waals surface area contributed by atoms with E-state index in [9.17, 15) is 14.4 Å². The van der Waals surface area contributed by atoms with Crippen LogP contribution in [-0.4, -0.2) is 37.4 Å². The number of ether oxygens (including phenoxy) is 2. The van der Waals surface area contributed by atoms with Crippen LogP contribution in [0.5, 0.6) is 0 Å². The number of benzene rings is 2. The molecule has 0 spiro atoms. The number of para-hydroxylation sites is 1. The molecule has 162 valence electrons. The molecule has 0 aliphatic rings. The molecule has 1 N–H and O–H groups in total. The number of carbonyl (C=O) groups excluding carboxylic acids is 3. The van der Waals surface area contributed by atoms with Crippen LogP contribution in [0.3, 0.4) is 0 Å². The molecule has 7 nitrogen and oxygen atoms in total. The van der Waals surface area contributed by atoms with E-state index in [1.807, 2.05) is 37.3 Å². The van der Waals surface area contributed by atoms with Crippen LogP contribution >= 0.6 is 0 Å². The van der Waals surface area contributed by atoms with Gasteiger partial charge in [0.25, 0.3) is 0 Å². The standard InChI is InChI=1S/C24H25NO6/c1-3-29-14-20-19-6-4-5-7-22(19)31-23(20)24(28)30-15-21(27)18-10-8-17(9-11-18)12-13-25-16(2)26/h4-11H,3,12-15H2,1-2H3,(H,25,26). The lowest BCUT2D eigenvalue weighted by atomic mass is 10.1. The molecule has 0 fully saturated rings. The minimum absolute atomic E-state index is 0.0516. The van der Waals surface area contributed by atoms with Crippen LogP contribution in [0.4, 0.5) is 0 Å². The van der Waals surface area contributed by atoms with Gasteiger partial charge < -0.3 is 19.2 Å². The third-order valence-corrected chi connectivity index (χ3v) is 4.73. The van der Waals surface area contributed by atoms with Gasteiger partial charge >= 0.3 is 5.97 Å². The van der Waals surface area contributed by atoms with E-state index in [0.717, 1.165) is 10.9 Å². The normalized spacial score (nSPS) is 10.8. The first-order valence-corrected chi connectivity index (χ1v) is 10.1. The van der Waals surface area contributed by atoms with Crippen LogP contribution in [-0.2, 0) is 27.3 Å². The van der Waals surface area contributed by atoms with Gasteiger partial charge in [-0.3, -0.25) is 9.59 Å². The molecule has 1 aromatic heterocycles. The van der Waals surface area contributed by atoms with E-state index in [0.29, 0.717) is 36.3 Å². The first kappa shape index (κ1) is 22.2. The van der Waals surface area contributed by atoms with E-state index >= 15 is 0 Å². The molecule has 7 heteroatoms. The van der Waals surface area contributed by atoms with Crippen LogP contribution < -0.4 is 5.32 Å². The Morgan fingerprint density at radius 2 is 1.77 bits per heavy atom. The summed E-state index contributed by atoms with van der Waals surface area (Å²) in [5.74, 6) is -1.05. The SMILES string of the molecule is CCOCc1c(C(=O)OCC(=O)c2ccc(CCNC(C)=O)cc2)oc2ccccc12. The van der Waals surface area contributed by atoms with Gasteiger partial charge in [0.1, 0.15) is 5.58 Å². The Bertz CT molecular complexity index is 1070. The average molecular weight is 423 g/mol. The first-order chi connectivity index (χ1) is 15.0. The van der Waals surface area contributed by atoms with Crippen molar-refractivity contribution in [1.29, 1.82) is 0 Å². The lowest BCUT2D eigenvalue weighted by Gasteiger charge is -2.06. The summed E-state index contributed by atoms with van der Waals surface area (Å²) in [5.41, 5.74) is 2.60. The Kier molecular flexibility index (Phi) is 7.56. The molecule has 2 aromatic carbocycles. The molecule has 3 aromatic rings. The summed E-state index contributed by atoms with van der Waals surface area (Å²) in [5, 5.41) is 3.51. The Balaban J connectivity index is 1.62. The van der Waals surface area contributed by atoms with Gasteiger partial charge in [0.2, 0.25) is 11.7 Å². The minimum atomic E-state index is -0.703. The fourth-order valence-corrected chi connectivity index (χ4v) is 3.13. The molecule has 1 amide bonds. The maximum absolute atomic E-state index is 12.6. The van der Waals surface area contributed by atoms with Gasteiger partial charge in [0.15, 0.2) is 12.4 Å². The second kappa shape index (κ2) is 10.5. The number of fused-ring (bicyclic) bond motifs is 1. The molecule has 0 bridgehead atoms. The van der Waals surface area contributed by atoms with Gasteiger partial charge in [-0.25, -0.2) is 4.79 Å². The summed E-state index contributed by atoms with van der Waals surface area (Å²) in [4.78, 5) is 36.0. The molecule has 3 rings (SSSR count). The first-order valence-electron chi connectivity index (χ1n) is 10.1. The largest absolute Gasteiger partial charge is 0.451 e. The minimum Gasteiger partial charge on any atom is -0.451 e. The molecule has 0 saturated heterocycles. The fourth-order valence-electron chi connectivity index (χ4n) is 3.13. The average Bonchev–Trinajstić information content (AvgIpc) is 3.14. The quantitative estimate of drug-likeness (QED) is 0.395. The Labute approximate surface area is 180 Å². The van der Waals surface area contributed by atoms with Crippen molar-refractivity contribution in [2.24, 2.45) is 0 Å². The van der Waals surface area contributed by atoms with Gasteiger partial charge in [-0.15, -0.1) is 0 Å². The zero-order valence-corrected chi connectivity index (χ0v) is 17.6. The molecule has 0 unspecified atom stereocenters. The van der Waals surface area contributed by atoms with Crippen LogP contribution in [0, 0.1) is 0 Å². The Hall–Kier alpha value is -3.45. The molecule has 1 heterocycles. The summed E-state index contributed by atoms with van der Waals surface area (Å²) in [6, 6.07) is 14.3. The van der Waals surface area contributed by atoms with Crippen LogP contribution in [0.2, 0.25) is 0 Å². The fraction of sp³-hybridized carbons (Fsp3) is 0.292. The number of nitrogens with one attached hydrogen (secondary N) is 1. The highest BCUT2D eigenvalue weighted by Crippen LogP contribution is 2.27. The van der Waals surface area contributed by atoms with Gasteiger partial charge in [0, 0.05) is 36.6 Å². The molecule has 0 atom stereocenters. The topological polar surface area (TPSA) is 94.8 Å². The number of esters is 1. The lowest BCUT2D eigenvalue weighted by Crippen LogP contribution is -2.22. The van der Waals surface area contributed by atoms with Crippen LogP contribution in [0.15, 0.2) is 52.9 Å². The summed E-state index contributed by atoms with van der Waals surface area (Å²) in [6.07, 6.45) is 0.664. The van der Waals surface area contributed by atoms with Crippen LogP contribution in [0.1, 0.15) is 45.9 Å². The number of hydrogen-bond donors (Lipinski definition) is 1. The Morgan fingerprint density at radius 1 is 1.03 bits per heavy atom. The highest BCUT2D eigenvalue weighted by molar-refractivity contribution is 6.00. The second-order valence-electron chi connectivity index (χ2n) is 6.97. The summed E-state index contributed by atoms with van der Waals surface area (Å²) < 4.78 is 16.4. The molecule has 0 aliphatic carbocycles. The maximum Gasteiger partial charge on any atom is 0.375 e. The summed E-state index contributed by atoms with van der Waals surface area (Å²) in [6.45, 7) is 4.17. The molecular formula is C24H25NO6. The number of rotatable bonds is 10. The number of hydrogen-bond acceptors (Lipinski definition) is 6. The summed E-state index contributed by atoms with van der Waals surface area (Å²) in [7, 11) is 0. The summed E-state index contributed by atoms with van der Waals surface area (Å²) >= 11 is 0. The van der Waals surface area contributed by atoms with Crippen LogP contribution in [0.25, 0.3) is 11.0 Å². The third-order valence-electron chi connectivity index (χ3n) is 4.73. The van der Waals surface area contributed by atoms with E-state index in [-0.39, 0.29) is 24.1 Å². The van der Waals surface area contributed by atoms with Crippen molar-refractivity contribution in [2.45, 2.75) is 26.9 Å². The van der Waals surface area contributed by atoms with Gasteiger partial charge in [-0.1, -0.05) is 42.5 Å². The number of furan rings is 1. The molecule has 31 heavy (non-hydrogen) atoms. The van der Waals surface area contributed by atoms with E-state index in [1.54, 1.807) is 18.2 Å². The number of ketones is 1. The van der Waals surface area contributed by atoms with Crippen molar-refractivity contribution >= 4 is 28.6 Å². The van der Waals surface area contributed by atoms with Gasteiger partial charge in [0.05, 0.1) is 6.61 Å². The van der Waals surface area contributed by atoms with E-state index in [2.05, 4.69) is 5.32 Å². The van der Waals surface area contributed by atoms with E-state index < -0.39 is 12.6 Å². The van der Waals surface area contributed by atoms with Crippen molar-refractivity contribution in [3.63, 3.8) is 0 Å². The number of carbonyl (C=O) groups is 3. The predicted octanol–water partition coefficient (Wildman–Crippen LogP) is 3.69. The maximum atomic E-state index is 12.6. The van der Waals surface area contributed by atoms with E-state index in [4.69, 9.17) is 13.9 Å². The molecule has 0 radical (unpaired) electrons. The predicted molar refractivity (Wildman–Crippen MR) is 115 cm³/mol. The number of amides is 1. The third kappa shape index (κ3) is 5.79. The molecule has 0 saturated carbocycles. The zero-order chi connectivity index (χ0) is 22.2. The van der Waals surface area contributed by atoms with Crippen molar-refractivity contribution in [2.75, 3.05) is 19.8 Å². The monoisotopic (exact) mass is 423 g/mol. The van der Waals surface area contributed by atoms with Gasteiger partial charge in [-0.05, 0) is 25.0 Å². The second-order valence-corrected chi connectivity index (χ2v) is 6.97. The van der Waals surface area contributed by atoms with Gasteiger partial charge in [-0.2, -0.15) is 0 Å². The highest BCUT2D eigenvalue weighted by atomic mass is 16.5. The van der Waals surface area contributed by atoms with Crippen molar-refractivity contribution in [3.05, 3.63) is 71.0 Å². The Morgan fingerprint density at radius 3 is 2.48 bits per heavy atom. The smallest absolute Gasteiger partial charge is 0.375 e. The highest BCUT2D eigenvalue weighted by Gasteiger charge is 2.22.